The van der Waals surface area contributed by atoms with Crippen molar-refractivity contribution in [1.29, 1.82) is 0 Å². The summed E-state index contributed by atoms with van der Waals surface area (Å²) in [7, 11) is 3.18. The van der Waals surface area contributed by atoms with Crippen molar-refractivity contribution in [2.45, 2.75) is 12.1 Å². The molecule has 8 nitrogen and oxygen atoms in total. The van der Waals surface area contributed by atoms with Gasteiger partial charge in [-0.1, -0.05) is 17.7 Å². The van der Waals surface area contributed by atoms with Crippen LogP contribution in [-0.4, -0.2) is 35.4 Å². The Balaban J connectivity index is 1.65. The van der Waals surface area contributed by atoms with Crippen molar-refractivity contribution >= 4 is 40.6 Å². The molecule has 37 heavy (non-hydrogen) atoms. The number of carbonyl (C=O) groups is 1. The summed E-state index contributed by atoms with van der Waals surface area (Å²) in [6.07, 6.45) is 1.72. The molecule has 4 aromatic rings. The van der Waals surface area contributed by atoms with Crippen LogP contribution in [0.2, 0.25) is 5.02 Å². The van der Waals surface area contributed by atoms with E-state index in [9.17, 15) is 9.90 Å². The van der Waals surface area contributed by atoms with Gasteiger partial charge in [-0.2, -0.15) is 0 Å². The number of ether oxygens (including phenoxy) is 2. The van der Waals surface area contributed by atoms with Crippen LogP contribution in [0.15, 0.2) is 77.3 Å². The SMILES string of the molecule is COc1ccc(OC)c(N2C(=S)N[C@H](c3ccccn3)[C@@H]2c2ccc(-c3cc(C(=O)O)ccc3Cl)o2)c1. The van der Waals surface area contributed by atoms with Crippen LogP contribution in [0.3, 0.4) is 0 Å². The van der Waals surface area contributed by atoms with Crippen molar-refractivity contribution in [1.82, 2.24) is 10.3 Å². The molecule has 0 spiro atoms. The number of furan rings is 1. The smallest absolute Gasteiger partial charge is 0.335 e. The topological polar surface area (TPSA) is 97.1 Å². The second-order valence-corrected chi connectivity index (χ2v) is 9.03. The molecule has 1 aliphatic heterocycles. The maximum Gasteiger partial charge on any atom is 0.335 e. The van der Waals surface area contributed by atoms with Crippen molar-refractivity contribution in [3.05, 3.63) is 95.0 Å². The molecule has 0 aliphatic carbocycles. The monoisotopic (exact) mass is 535 g/mol. The van der Waals surface area contributed by atoms with Gasteiger partial charge in [-0.15, -0.1) is 0 Å². The fourth-order valence-corrected chi connectivity index (χ4v) is 4.94. The molecule has 0 unspecified atom stereocenters. The quantitative estimate of drug-likeness (QED) is 0.281. The summed E-state index contributed by atoms with van der Waals surface area (Å²) in [5.41, 5.74) is 2.03. The third-order valence-electron chi connectivity index (χ3n) is 6.14. The molecule has 2 atom stereocenters. The van der Waals surface area contributed by atoms with Crippen LogP contribution < -0.4 is 19.7 Å². The summed E-state index contributed by atoms with van der Waals surface area (Å²) in [6.45, 7) is 0. The lowest BCUT2D eigenvalue weighted by Crippen LogP contribution is -2.29. The van der Waals surface area contributed by atoms with E-state index in [4.69, 9.17) is 37.7 Å². The number of benzene rings is 2. The minimum atomic E-state index is -1.05. The summed E-state index contributed by atoms with van der Waals surface area (Å²) in [5.74, 6) is 1.18. The Hall–Kier alpha value is -4.08. The number of nitrogens with zero attached hydrogens (tertiary/aromatic N) is 2. The first-order valence-electron chi connectivity index (χ1n) is 11.3. The first kappa shape index (κ1) is 24.6. The second kappa shape index (κ2) is 10.1. The Morgan fingerprint density at radius 1 is 1.11 bits per heavy atom. The van der Waals surface area contributed by atoms with Gasteiger partial charge in [0.05, 0.1) is 42.2 Å². The van der Waals surface area contributed by atoms with Crippen molar-refractivity contribution in [2.75, 3.05) is 19.1 Å². The molecule has 10 heteroatoms. The largest absolute Gasteiger partial charge is 0.497 e. The van der Waals surface area contributed by atoms with Crippen molar-refractivity contribution in [2.24, 2.45) is 0 Å². The van der Waals surface area contributed by atoms with Gasteiger partial charge < -0.3 is 29.2 Å². The molecule has 1 fully saturated rings. The zero-order chi connectivity index (χ0) is 26.1. The molecule has 2 aromatic heterocycles. The molecule has 1 saturated heterocycles. The number of hydrogen-bond donors (Lipinski definition) is 2. The highest BCUT2D eigenvalue weighted by atomic mass is 35.5. The van der Waals surface area contributed by atoms with Crippen LogP contribution in [-0.2, 0) is 0 Å². The van der Waals surface area contributed by atoms with Crippen LogP contribution in [0.4, 0.5) is 5.69 Å². The number of carboxylic acids is 1. The van der Waals surface area contributed by atoms with Gasteiger partial charge in [-0.25, -0.2) is 4.79 Å². The molecule has 188 valence electrons. The maximum absolute atomic E-state index is 11.5. The summed E-state index contributed by atoms with van der Waals surface area (Å²) in [4.78, 5) is 18.0. The van der Waals surface area contributed by atoms with Crippen molar-refractivity contribution in [3.63, 3.8) is 0 Å². The molecule has 1 aliphatic rings. The van der Waals surface area contributed by atoms with Gasteiger partial charge >= 0.3 is 5.97 Å². The van der Waals surface area contributed by atoms with Gasteiger partial charge in [0.15, 0.2) is 5.11 Å². The fraction of sp³-hybridized carbons (Fsp3) is 0.148. The summed E-state index contributed by atoms with van der Waals surface area (Å²) >= 11 is 12.2. The lowest BCUT2D eigenvalue weighted by molar-refractivity contribution is 0.0697. The molecule has 2 N–H and O–H groups in total. The average Bonchev–Trinajstić information content (AvgIpc) is 3.53. The normalized spacial score (nSPS) is 16.9. The molecule has 3 heterocycles. The number of hydrogen-bond acceptors (Lipinski definition) is 6. The molecular formula is C27H22ClN3O5S. The summed E-state index contributed by atoms with van der Waals surface area (Å²) < 4.78 is 17.4. The Morgan fingerprint density at radius 3 is 2.65 bits per heavy atom. The van der Waals surface area contributed by atoms with Gasteiger partial charge in [0.25, 0.3) is 0 Å². The highest BCUT2D eigenvalue weighted by molar-refractivity contribution is 7.80. The Bertz CT molecular complexity index is 1480. The van der Waals surface area contributed by atoms with Crippen LogP contribution in [0.1, 0.15) is 33.9 Å². The van der Waals surface area contributed by atoms with E-state index < -0.39 is 12.0 Å². The molecular weight excluding hydrogens is 514 g/mol. The zero-order valence-corrected chi connectivity index (χ0v) is 21.4. The molecule has 0 bridgehead atoms. The van der Waals surface area contributed by atoms with E-state index in [1.54, 1.807) is 32.5 Å². The third kappa shape index (κ3) is 4.59. The number of pyridine rings is 1. The first-order chi connectivity index (χ1) is 17.9. The Morgan fingerprint density at radius 2 is 1.95 bits per heavy atom. The first-order valence-corrected chi connectivity index (χ1v) is 12.1. The molecule has 5 rings (SSSR count). The minimum absolute atomic E-state index is 0.107. The fourth-order valence-electron chi connectivity index (χ4n) is 4.39. The molecule has 0 amide bonds. The summed E-state index contributed by atoms with van der Waals surface area (Å²) in [6, 6.07) is 18.4. The number of rotatable bonds is 7. The average molecular weight is 536 g/mol. The van der Waals surface area contributed by atoms with Crippen LogP contribution in [0, 0.1) is 0 Å². The van der Waals surface area contributed by atoms with E-state index in [0.717, 1.165) is 5.69 Å². The minimum Gasteiger partial charge on any atom is -0.497 e. The number of anilines is 1. The lowest BCUT2D eigenvalue weighted by atomic mass is 10.0. The number of nitrogens with one attached hydrogen (secondary N) is 1. The lowest BCUT2D eigenvalue weighted by Gasteiger charge is -2.27. The van der Waals surface area contributed by atoms with E-state index in [1.165, 1.54) is 12.1 Å². The summed E-state index contributed by atoms with van der Waals surface area (Å²) in [5, 5.41) is 13.6. The van der Waals surface area contributed by atoms with E-state index in [2.05, 4.69) is 10.3 Å². The number of carboxylic acid groups (broad SMARTS) is 1. The van der Waals surface area contributed by atoms with Gasteiger partial charge in [-0.05, 0) is 66.8 Å². The maximum atomic E-state index is 11.5. The van der Waals surface area contributed by atoms with E-state index in [0.29, 0.717) is 44.4 Å². The van der Waals surface area contributed by atoms with E-state index in [1.807, 2.05) is 47.4 Å². The van der Waals surface area contributed by atoms with Crippen LogP contribution in [0.25, 0.3) is 11.3 Å². The number of aromatic carboxylic acids is 1. The van der Waals surface area contributed by atoms with Gasteiger partial charge in [-0.3, -0.25) is 4.98 Å². The van der Waals surface area contributed by atoms with Crippen molar-refractivity contribution in [3.8, 4) is 22.8 Å². The predicted octanol–water partition coefficient (Wildman–Crippen LogP) is 5.89. The molecule has 0 saturated carbocycles. The number of methoxy groups -OCH3 is 2. The van der Waals surface area contributed by atoms with Crippen LogP contribution in [0.5, 0.6) is 11.5 Å². The van der Waals surface area contributed by atoms with E-state index >= 15 is 0 Å². The van der Waals surface area contributed by atoms with E-state index in [-0.39, 0.29) is 11.6 Å². The van der Waals surface area contributed by atoms with Crippen molar-refractivity contribution < 1.29 is 23.8 Å². The molecule has 2 aromatic carbocycles. The third-order valence-corrected chi connectivity index (χ3v) is 6.78. The Labute approximate surface area is 223 Å². The molecule has 0 radical (unpaired) electrons. The van der Waals surface area contributed by atoms with Gasteiger partial charge in [0, 0.05) is 17.8 Å². The van der Waals surface area contributed by atoms with Gasteiger partial charge in [0.2, 0.25) is 0 Å². The number of aromatic nitrogens is 1. The zero-order valence-electron chi connectivity index (χ0n) is 19.8. The Kier molecular flexibility index (Phi) is 6.73. The number of halogens is 1. The standard InChI is InChI=1S/C27H22ClN3O5S/c1-34-16-7-9-22(35-2)20(14-16)31-25(24(30-27(31)37)19-5-3-4-12-29-19)23-11-10-21(36-23)17-13-15(26(32)33)6-8-18(17)28/h3-14,24-25H,1-2H3,(H,30,37)(H,32,33)/t24-,25+/m1/s1. The highest BCUT2D eigenvalue weighted by Crippen LogP contribution is 2.46. The predicted molar refractivity (Wildman–Crippen MR) is 144 cm³/mol. The van der Waals surface area contributed by atoms with Crippen LogP contribution >= 0.6 is 23.8 Å². The second-order valence-electron chi connectivity index (χ2n) is 8.24. The highest BCUT2D eigenvalue weighted by Gasteiger charge is 2.43. The van der Waals surface area contributed by atoms with Gasteiger partial charge in [0.1, 0.15) is 29.1 Å². The number of thiocarbonyl (C=S) groups is 1.